The first-order valence-electron chi connectivity index (χ1n) is 10.3. The SMILES string of the molecule is C1=CC2c3cccc4cccc(c34)C1C1C=CC2c2cccc3cccc1c23. The second-order valence-electron chi connectivity index (χ2n) is 8.46. The molecule has 0 fully saturated rings. The second-order valence-corrected chi connectivity index (χ2v) is 8.46. The van der Waals surface area contributed by atoms with Crippen LogP contribution in [0.5, 0.6) is 0 Å². The van der Waals surface area contributed by atoms with Crippen LogP contribution in [0.25, 0.3) is 21.5 Å². The molecule has 0 radical (unpaired) electrons. The van der Waals surface area contributed by atoms with Gasteiger partial charge in [-0.1, -0.05) is 97.1 Å². The molecule has 0 heterocycles. The van der Waals surface area contributed by atoms with Crippen molar-refractivity contribution in [3.8, 4) is 0 Å². The van der Waals surface area contributed by atoms with E-state index in [4.69, 9.17) is 0 Å². The fraction of sp³-hybridized carbons (Fsp3) is 0.143. The van der Waals surface area contributed by atoms with Crippen LogP contribution in [0.4, 0.5) is 0 Å². The van der Waals surface area contributed by atoms with Gasteiger partial charge in [-0.25, -0.2) is 0 Å². The Morgan fingerprint density at radius 1 is 0.357 bits per heavy atom. The van der Waals surface area contributed by atoms with Crippen molar-refractivity contribution >= 4 is 21.5 Å². The van der Waals surface area contributed by atoms with Gasteiger partial charge >= 0.3 is 0 Å². The highest BCUT2D eigenvalue weighted by molar-refractivity contribution is 5.94. The zero-order chi connectivity index (χ0) is 18.2. The minimum Gasteiger partial charge on any atom is -0.0794 e. The predicted octanol–water partition coefficient (Wildman–Crippen LogP) is 7.18. The van der Waals surface area contributed by atoms with Crippen molar-refractivity contribution in [1.82, 2.24) is 0 Å². The van der Waals surface area contributed by atoms with Gasteiger partial charge in [0, 0.05) is 23.7 Å². The minimum atomic E-state index is 0.379. The monoisotopic (exact) mass is 356 g/mol. The Balaban J connectivity index is 1.68. The highest BCUT2D eigenvalue weighted by Gasteiger charge is 2.36. The zero-order valence-electron chi connectivity index (χ0n) is 15.5. The molecule has 28 heavy (non-hydrogen) atoms. The van der Waals surface area contributed by atoms with E-state index in [1.165, 1.54) is 43.8 Å². The van der Waals surface area contributed by atoms with Crippen LogP contribution in [0.15, 0.2) is 97.1 Å². The first-order valence-corrected chi connectivity index (χ1v) is 10.3. The lowest BCUT2D eigenvalue weighted by Crippen LogP contribution is -2.09. The van der Waals surface area contributed by atoms with E-state index in [0.29, 0.717) is 23.7 Å². The fourth-order valence-electron chi connectivity index (χ4n) is 6.06. The third kappa shape index (κ3) is 1.76. The Bertz CT molecular complexity index is 1140. The van der Waals surface area contributed by atoms with Crippen LogP contribution >= 0.6 is 0 Å². The van der Waals surface area contributed by atoms with Crippen LogP contribution in [0, 0.1) is 0 Å². The maximum Gasteiger partial charge on any atom is 0.0128 e. The fourth-order valence-corrected chi connectivity index (χ4v) is 6.06. The van der Waals surface area contributed by atoms with E-state index in [0.717, 1.165) is 0 Å². The molecule has 0 N–H and O–H groups in total. The van der Waals surface area contributed by atoms with Crippen molar-refractivity contribution in [3.05, 3.63) is 119 Å². The second kappa shape index (κ2) is 5.23. The molecule has 0 saturated carbocycles. The first-order chi connectivity index (χ1) is 13.9. The van der Waals surface area contributed by atoms with Crippen molar-refractivity contribution in [2.24, 2.45) is 0 Å². The summed E-state index contributed by atoms with van der Waals surface area (Å²) in [6.07, 6.45) is 10.0. The molecule has 7 rings (SSSR count). The van der Waals surface area contributed by atoms with Gasteiger partial charge in [0.15, 0.2) is 0 Å². The average Bonchev–Trinajstić information content (AvgIpc) is 2.94. The largest absolute Gasteiger partial charge is 0.0794 e. The smallest absolute Gasteiger partial charge is 0.0128 e. The number of allylic oxidation sites excluding steroid dienone is 4. The topological polar surface area (TPSA) is 0 Å². The van der Waals surface area contributed by atoms with Gasteiger partial charge in [0.1, 0.15) is 0 Å². The quantitative estimate of drug-likeness (QED) is 0.293. The molecule has 3 aliphatic rings. The summed E-state index contributed by atoms with van der Waals surface area (Å²) in [7, 11) is 0. The molecular weight excluding hydrogens is 336 g/mol. The molecule has 0 amide bonds. The normalized spacial score (nSPS) is 26.3. The number of hydrogen-bond acceptors (Lipinski definition) is 0. The van der Waals surface area contributed by atoms with E-state index >= 15 is 0 Å². The lowest BCUT2D eigenvalue weighted by molar-refractivity contribution is 0.709. The highest BCUT2D eigenvalue weighted by Crippen LogP contribution is 2.53. The molecule has 0 nitrogen and oxygen atoms in total. The summed E-state index contributed by atoms with van der Waals surface area (Å²) in [6.45, 7) is 0. The van der Waals surface area contributed by atoms with Crippen LogP contribution in [-0.4, -0.2) is 0 Å². The van der Waals surface area contributed by atoms with Crippen LogP contribution in [-0.2, 0) is 0 Å². The minimum absolute atomic E-state index is 0.379. The third-order valence-electron chi connectivity index (χ3n) is 7.20. The predicted molar refractivity (Wildman–Crippen MR) is 117 cm³/mol. The van der Waals surface area contributed by atoms with Crippen LogP contribution < -0.4 is 0 Å². The number of benzene rings is 4. The van der Waals surface area contributed by atoms with Crippen molar-refractivity contribution in [1.29, 1.82) is 0 Å². The van der Waals surface area contributed by atoms with Gasteiger partial charge in [0.05, 0.1) is 0 Å². The molecule has 0 saturated heterocycles. The standard InChI is InChI=1S/C28H20/c1-5-17-6-2-10-24-21-14-13-19(23(9-1)27(17)24)20-15-16-22(21)26-12-4-8-18-7-3-11-25(20)28(18)26/h1-16,19-22H. The van der Waals surface area contributed by atoms with E-state index in [-0.39, 0.29) is 0 Å². The molecule has 4 bridgehead atoms. The van der Waals surface area contributed by atoms with E-state index in [9.17, 15) is 0 Å². The molecule has 4 aromatic rings. The maximum atomic E-state index is 2.51. The van der Waals surface area contributed by atoms with Crippen molar-refractivity contribution in [2.75, 3.05) is 0 Å². The molecular formula is C28H20. The van der Waals surface area contributed by atoms with Gasteiger partial charge in [0.25, 0.3) is 0 Å². The summed E-state index contributed by atoms with van der Waals surface area (Å²) >= 11 is 0. The summed E-state index contributed by atoms with van der Waals surface area (Å²) in [6, 6.07) is 27.5. The van der Waals surface area contributed by atoms with Crippen LogP contribution in [0.1, 0.15) is 45.9 Å². The molecule has 0 aromatic heterocycles. The number of hydrogen-bond donors (Lipinski definition) is 0. The molecule has 132 valence electrons. The molecule has 4 aromatic carbocycles. The number of fused-ring (bicyclic) bond motifs is 2. The van der Waals surface area contributed by atoms with E-state index in [1.807, 2.05) is 0 Å². The van der Waals surface area contributed by atoms with E-state index in [1.54, 1.807) is 0 Å². The Kier molecular flexibility index (Phi) is 2.78. The van der Waals surface area contributed by atoms with E-state index in [2.05, 4.69) is 97.1 Å². The molecule has 0 aliphatic heterocycles. The summed E-state index contributed by atoms with van der Waals surface area (Å²) in [5, 5.41) is 5.71. The van der Waals surface area contributed by atoms with Crippen molar-refractivity contribution < 1.29 is 0 Å². The van der Waals surface area contributed by atoms with Gasteiger partial charge in [-0.3, -0.25) is 0 Å². The summed E-state index contributed by atoms with van der Waals surface area (Å²) in [5.74, 6) is 1.51. The summed E-state index contributed by atoms with van der Waals surface area (Å²) in [4.78, 5) is 0. The summed E-state index contributed by atoms with van der Waals surface area (Å²) in [5.41, 5.74) is 5.94. The Morgan fingerprint density at radius 3 is 0.929 bits per heavy atom. The van der Waals surface area contributed by atoms with Crippen molar-refractivity contribution in [3.63, 3.8) is 0 Å². The molecule has 3 aliphatic carbocycles. The van der Waals surface area contributed by atoms with Gasteiger partial charge in [-0.05, 0) is 43.8 Å². The maximum absolute atomic E-state index is 2.51. The van der Waals surface area contributed by atoms with Gasteiger partial charge in [-0.15, -0.1) is 0 Å². The Hall–Kier alpha value is -3.12. The molecule has 4 atom stereocenters. The first kappa shape index (κ1) is 14.9. The van der Waals surface area contributed by atoms with E-state index < -0.39 is 0 Å². The lowest BCUT2D eigenvalue weighted by atomic mass is 9.77. The summed E-state index contributed by atoms with van der Waals surface area (Å²) < 4.78 is 0. The molecule has 0 spiro atoms. The zero-order valence-corrected chi connectivity index (χ0v) is 15.5. The molecule has 4 unspecified atom stereocenters. The highest BCUT2D eigenvalue weighted by atomic mass is 14.4. The Morgan fingerprint density at radius 2 is 0.643 bits per heavy atom. The lowest BCUT2D eigenvalue weighted by Gasteiger charge is -2.26. The average molecular weight is 356 g/mol. The van der Waals surface area contributed by atoms with Gasteiger partial charge in [-0.2, -0.15) is 0 Å². The van der Waals surface area contributed by atoms with Gasteiger partial charge < -0.3 is 0 Å². The third-order valence-corrected chi connectivity index (χ3v) is 7.20. The Labute approximate surface area is 164 Å². The molecule has 0 heteroatoms. The number of rotatable bonds is 0. The van der Waals surface area contributed by atoms with Crippen molar-refractivity contribution in [2.45, 2.75) is 23.7 Å². The van der Waals surface area contributed by atoms with Gasteiger partial charge in [0.2, 0.25) is 0 Å². The van der Waals surface area contributed by atoms with Crippen LogP contribution in [0.3, 0.4) is 0 Å². The van der Waals surface area contributed by atoms with Crippen LogP contribution in [0.2, 0.25) is 0 Å².